The lowest BCUT2D eigenvalue weighted by Gasteiger charge is -2.12. The Hall–Kier alpha value is -4.44. The second-order valence-corrected chi connectivity index (χ2v) is 6.73. The average Bonchev–Trinajstić information content (AvgIpc) is 2.81. The largest absolute Gasteiger partial charge is 0.497 e. The number of rotatable bonds is 9. The summed E-state index contributed by atoms with van der Waals surface area (Å²) in [6, 6.07) is 16.8. The Bertz CT molecular complexity index is 1150. The molecule has 3 rings (SSSR count). The van der Waals surface area contributed by atoms with Crippen LogP contribution in [0, 0.1) is 10.1 Å². The number of ether oxygens (including phenoxy) is 3. The van der Waals surface area contributed by atoms with Gasteiger partial charge in [0.05, 0.1) is 17.6 Å². The van der Waals surface area contributed by atoms with Gasteiger partial charge in [0, 0.05) is 30.6 Å². The first kappa shape index (κ1) is 23.2. The van der Waals surface area contributed by atoms with Crippen molar-refractivity contribution in [3.63, 3.8) is 0 Å². The number of carbonyl (C=O) groups excluding carboxylic acids is 2. The molecule has 10 nitrogen and oxygen atoms in total. The van der Waals surface area contributed by atoms with E-state index in [0.717, 1.165) is 6.07 Å². The fraction of sp³-hybridized carbons (Fsp3) is 0.130. The quantitative estimate of drug-likeness (QED) is 0.368. The number of amides is 2. The van der Waals surface area contributed by atoms with Gasteiger partial charge in [-0.1, -0.05) is 0 Å². The Morgan fingerprint density at radius 1 is 0.879 bits per heavy atom. The zero-order chi connectivity index (χ0) is 23.8. The number of anilines is 2. The fourth-order valence-corrected chi connectivity index (χ4v) is 2.83. The normalized spacial score (nSPS) is 10.2. The Kier molecular flexibility index (Phi) is 7.55. The highest BCUT2D eigenvalue weighted by molar-refractivity contribution is 6.06. The predicted octanol–water partition coefficient (Wildman–Crippen LogP) is 4.23. The first-order valence-electron chi connectivity index (χ1n) is 9.70. The van der Waals surface area contributed by atoms with Gasteiger partial charge in [-0.2, -0.15) is 0 Å². The van der Waals surface area contributed by atoms with E-state index in [2.05, 4.69) is 10.6 Å². The van der Waals surface area contributed by atoms with Gasteiger partial charge in [0.25, 0.3) is 11.6 Å². The van der Waals surface area contributed by atoms with Crippen LogP contribution in [0.25, 0.3) is 0 Å². The zero-order valence-corrected chi connectivity index (χ0v) is 17.9. The molecular weight excluding hydrogens is 430 g/mol. The summed E-state index contributed by atoms with van der Waals surface area (Å²) in [6.45, 7) is -0.0811. The first-order valence-corrected chi connectivity index (χ1v) is 9.70. The summed E-state index contributed by atoms with van der Waals surface area (Å²) in [4.78, 5) is 35.1. The van der Waals surface area contributed by atoms with Crippen LogP contribution in [-0.4, -0.2) is 37.6 Å². The molecule has 2 N–H and O–H groups in total. The molecule has 3 aromatic rings. The molecule has 0 unspecified atom stereocenters. The predicted molar refractivity (Wildman–Crippen MR) is 121 cm³/mol. The maximum Gasteiger partial charge on any atom is 0.270 e. The summed E-state index contributed by atoms with van der Waals surface area (Å²) >= 11 is 0. The van der Waals surface area contributed by atoms with Gasteiger partial charge in [-0.15, -0.1) is 0 Å². The first-order chi connectivity index (χ1) is 15.9. The van der Waals surface area contributed by atoms with E-state index in [4.69, 9.17) is 14.2 Å². The van der Waals surface area contributed by atoms with E-state index in [1.807, 2.05) is 0 Å². The molecule has 0 aromatic heterocycles. The van der Waals surface area contributed by atoms with Crippen LogP contribution in [0.3, 0.4) is 0 Å². The summed E-state index contributed by atoms with van der Waals surface area (Å²) in [5, 5.41) is 16.5. The van der Waals surface area contributed by atoms with Crippen molar-refractivity contribution in [3.8, 4) is 17.2 Å². The van der Waals surface area contributed by atoms with Crippen LogP contribution < -0.4 is 20.1 Å². The molecule has 0 radical (unpaired) electrons. The van der Waals surface area contributed by atoms with Crippen LogP contribution in [0.2, 0.25) is 0 Å². The molecule has 0 aliphatic carbocycles. The topological polar surface area (TPSA) is 129 Å². The van der Waals surface area contributed by atoms with Gasteiger partial charge in [-0.25, -0.2) is 0 Å². The van der Waals surface area contributed by atoms with E-state index < -0.39 is 10.8 Å². The molecule has 0 saturated carbocycles. The standard InChI is InChI=1S/C23H21N3O7/c1-31-14-22(27)24-15-3-5-16(6-4-15)25-23(28)20-13-17(26(29)30)7-12-21(20)33-19-10-8-18(32-2)9-11-19/h3-13H,14H2,1-2H3,(H,24,27)(H,25,28). The molecule has 0 aliphatic heterocycles. The zero-order valence-electron chi connectivity index (χ0n) is 17.9. The van der Waals surface area contributed by atoms with Crippen LogP contribution in [0.15, 0.2) is 66.7 Å². The van der Waals surface area contributed by atoms with Gasteiger partial charge in [0.1, 0.15) is 23.9 Å². The van der Waals surface area contributed by atoms with E-state index in [1.54, 1.807) is 48.5 Å². The van der Waals surface area contributed by atoms with E-state index in [9.17, 15) is 19.7 Å². The molecule has 0 atom stereocenters. The van der Waals surface area contributed by atoms with Crippen LogP contribution in [0.4, 0.5) is 17.1 Å². The third kappa shape index (κ3) is 6.28. The number of nitrogens with zero attached hydrogens (tertiary/aromatic N) is 1. The van der Waals surface area contributed by atoms with Crippen molar-refractivity contribution < 1.29 is 28.7 Å². The molecule has 0 bridgehead atoms. The Balaban J connectivity index is 1.80. The molecule has 33 heavy (non-hydrogen) atoms. The molecule has 3 aromatic carbocycles. The summed E-state index contributed by atoms with van der Waals surface area (Å²) in [7, 11) is 2.95. The Morgan fingerprint density at radius 2 is 1.48 bits per heavy atom. The number of benzene rings is 3. The van der Waals surface area contributed by atoms with Gasteiger partial charge in [0.2, 0.25) is 5.91 Å². The highest BCUT2D eigenvalue weighted by Gasteiger charge is 2.19. The van der Waals surface area contributed by atoms with E-state index >= 15 is 0 Å². The number of nitro benzene ring substituents is 1. The summed E-state index contributed by atoms with van der Waals surface area (Å²) in [5.41, 5.74) is 0.677. The maximum atomic E-state index is 12.9. The molecule has 0 heterocycles. The van der Waals surface area contributed by atoms with Crippen LogP contribution in [0.5, 0.6) is 17.2 Å². The molecule has 10 heteroatoms. The molecule has 0 saturated heterocycles. The molecule has 170 valence electrons. The van der Waals surface area contributed by atoms with Crippen LogP contribution in [0.1, 0.15) is 10.4 Å². The molecule has 0 spiro atoms. The Labute approximate surface area is 189 Å². The molecule has 0 aliphatic rings. The second kappa shape index (κ2) is 10.7. The van der Waals surface area contributed by atoms with Gasteiger partial charge in [-0.3, -0.25) is 19.7 Å². The van der Waals surface area contributed by atoms with Crippen molar-refractivity contribution in [1.29, 1.82) is 0 Å². The van der Waals surface area contributed by atoms with E-state index in [1.165, 1.54) is 26.4 Å². The highest BCUT2D eigenvalue weighted by Crippen LogP contribution is 2.30. The van der Waals surface area contributed by atoms with Crippen molar-refractivity contribution >= 4 is 28.9 Å². The van der Waals surface area contributed by atoms with Gasteiger partial charge < -0.3 is 24.8 Å². The summed E-state index contributed by atoms with van der Waals surface area (Å²) in [6.07, 6.45) is 0. The monoisotopic (exact) mass is 451 g/mol. The van der Waals surface area contributed by atoms with Gasteiger partial charge >= 0.3 is 0 Å². The average molecular weight is 451 g/mol. The van der Waals surface area contributed by atoms with Crippen LogP contribution >= 0.6 is 0 Å². The SMILES string of the molecule is COCC(=O)Nc1ccc(NC(=O)c2cc([N+](=O)[O-])ccc2Oc2ccc(OC)cc2)cc1. The smallest absolute Gasteiger partial charge is 0.270 e. The fourth-order valence-electron chi connectivity index (χ4n) is 2.83. The van der Waals surface area contributed by atoms with Crippen molar-refractivity contribution in [3.05, 3.63) is 82.4 Å². The van der Waals surface area contributed by atoms with Crippen molar-refractivity contribution in [2.75, 3.05) is 31.5 Å². The minimum absolute atomic E-state index is 0.0162. The van der Waals surface area contributed by atoms with Gasteiger partial charge in [0.15, 0.2) is 0 Å². The number of nitrogens with one attached hydrogen (secondary N) is 2. The third-order valence-corrected chi connectivity index (χ3v) is 4.41. The number of hydrogen-bond donors (Lipinski definition) is 2. The van der Waals surface area contributed by atoms with Crippen LogP contribution in [-0.2, 0) is 9.53 Å². The number of nitro groups is 1. The van der Waals surface area contributed by atoms with Crippen molar-refractivity contribution in [2.24, 2.45) is 0 Å². The number of hydrogen-bond acceptors (Lipinski definition) is 7. The van der Waals surface area contributed by atoms with Crippen molar-refractivity contribution in [2.45, 2.75) is 0 Å². The molecular formula is C23H21N3O7. The number of carbonyl (C=O) groups is 2. The minimum atomic E-state index is -0.599. The lowest BCUT2D eigenvalue weighted by Crippen LogP contribution is -2.17. The molecule has 0 fully saturated rings. The highest BCUT2D eigenvalue weighted by atomic mass is 16.6. The lowest BCUT2D eigenvalue weighted by atomic mass is 10.1. The number of methoxy groups -OCH3 is 2. The summed E-state index contributed by atoms with van der Waals surface area (Å²) in [5.74, 6) is 0.289. The maximum absolute atomic E-state index is 12.9. The van der Waals surface area contributed by atoms with E-state index in [0.29, 0.717) is 22.9 Å². The van der Waals surface area contributed by atoms with Gasteiger partial charge in [-0.05, 0) is 54.6 Å². The third-order valence-electron chi connectivity index (χ3n) is 4.41. The van der Waals surface area contributed by atoms with Crippen molar-refractivity contribution in [1.82, 2.24) is 0 Å². The molecule has 2 amide bonds. The lowest BCUT2D eigenvalue weighted by molar-refractivity contribution is -0.384. The summed E-state index contributed by atoms with van der Waals surface area (Å²) < 4.78 is 15.7. The second-order valence-electron chi connectivity index (χ2n) is 6.73. The Morgan fingerprint density at radius 3 is 2.06 bits per heavy atom. The minimum Gasteiger partial charge on any atom is -0.497 e. The van der Waals surface area contributed by atoms with E-state index in [-0.39, 0.29) is 29.5 Å². The number of non-ortho nitro benzene ring substituents is 1.